The smallest absolute Gasteiger partial charge is 0.195 e. The molecule has 3 fully saturated rings. The van der Waals surface area contributed by atoms with Crippen molar-refractivity contribution < 1.29 is 28.5 Å². The molecule has 3 aliphatic rings. The number of carbonyl (C=O) groups excluding carboxylic acids is 1. The van der Waals surface area contributed by atoms with Crippen molar-refractivity contribution in [1.29, 1.82) is 0 Å². The Kier molecular flexibility index (Phi) is 8.18. The van der Waals surface area contributed by atoms with Crippen LogP contribution >= 0.6 is 0 Å². The molecule has 3 aromatic rings. The van der Waals surface area contributed by atoms with Gasteiger partial charge in [0.05, 0.1) is 19.8 Å². The minimum absolute atomic E-state index is 0.155. The van der Waals surface area contributed by atoms with Gasteiger partial charge in [-0.2, -0.15) is 0 Å². The summed E-state index contributed by atoms with van der Waals surface area (Å²) in [6.07, 6.45) is 1.52. The van der Waals surface area contributed by atoms with Gasteiger partial charge in [0.25, 0.3) is 0 Å². The van der Waals surface area contributed by atoms with Crippen LogP contribution in [-0.4, -0.2) is 42.1 Å². The molecule has 5 atom stereocenters. The quantitative estimate of drug-likeness (QED) is 0.351. The molecular weight excluding hydrogens is 492 g/mol. The molecule has 204 valence electrons. The topological polar surface area (TPSA) is 63.2 Å². The monoisotopic (exact) mass is 528 g/mol. The number of Topliss-reactive ketones (excluding diaryl/α,β-unsaturated/α-hetero) is 1. The first kappa shape index (κ1) is 26.4. The van der Waals surface area contributed by atoms with E-state index in [0.717, 1.165) is 48.8 Å². The van der Waals surface area contributed by atoms with Gasteiger partial charge in [-0.3, -0.25) is 4.79 Å². The van der Waals surface area contributed by atoms with Crippen LogP contribution < -0.4 is 0 Å². The maximum absolute atomic E-state index is 14.1. The van der Waals surface area contributed by atoms with Gasteiger partial charge in [0.2, 0.25) is 0 Å². The molecule has 0 aromatic heterocycles. The lowest BCUT2D eigenvalue weighted by molar-refractivity contribution is -0.209. The lowest BCUT2D eigenvalue weighted by Gasteiger charge is -2.40. The van der Waals surface area contributed by atoms with E-state index in [4.69, 9.17) is 23.7 Å². The number of fused-ring (bicyclic) bond motifs is 1. The molecule has 0 N–H and O–H groups in total. The van der Waals surface area contributed by atoms with E-state index in [-0.39, 0.29) is 12.4 Å². The molecule has 6 nitrogen and oxygen atoms in total. The number of benzene rings is 3. The zero-order valence-corrected chi connectivity index (χ0v) is 22.2. The number of hydrogen-bond donors (Lipinski definition) is 0. The summed E-state index contributed by atoms with van der Waals surface area (Å²) in [4.78, 5) is 14.1. The van der Waals surface area contributed by atoms with Crippen molar-refractivity contribution in [2.24, 2.45) is 0 Å². The summed E-state index contributed by atoms with van der Waals surface area (Å²) in [5.41, 5.74) is 3.01. The van der Waals surface area contributed by atoms with Crippen LogP contribution in [0.1, 0.15) is 48.8 Å². The summed E-state index contributed by atoms with van der Waals surface area (Å²) in [7, 11) is 0. The number of hydrogen-bond acceptors (Lipinski definition) is 6. The number of ketones is 1. The summed E-state index contributed by atoms with van der Waals surface area (Å²) in [6.45, 7) is 0.939. The first-order chi connectivity index (χ1) is 19.2. The number of carbonyl (C=O) groups is 1. The molecule has 6 rings (SSSR count). The van der Waals surface area contributed by atoms with Crippen molar-refractivity contribution >= 4 is 5.78 Å². The Morgan fingerprint density at radius 1 is 0.590 bits per heavy atom. The van der Waals surface area contributed by atoms with Crippen molar-refractivity contribution in [2.75, 3.05) is 0 Å². The van der Waals surface area contributed by atoms with Gasteiger partial charge in [-0.25, -0.2) is 0 Å². The van der Waals surface area contributed by atoms with E-state index in [1.54, 1.807) is 0 Å². The first-order valence-electron chi connectivity index (χ1n) is 14.1. The number of rotatable bonds is 9. The second-order valence-electron chi connectivity index (χ2n) is 10.7. The van der Waals surface area contributed by atoms with Crippen LogP contribution in [0, 0.1) is 0 Å². The minimum Gasteiger partial charge on any atom is -0.368 e. The molecule has 0 bridgehead atoms. The summed E-state index contributed by atoms with van der Waals surface area (Å²) in [5.74, 6) is -0.858. The van der Waals surface area contributed by atoms with Gasteiger partial charge in [0.1, 0.15) is 30.5 Å². The molecule has 0 radical (unpaired) electrons. The van der Waals surface area contributed by atoms with Gasteiger partial charge in [0.15, 0.2) is 11.6 Å². The van der Waals surface area contributed by atoms with E-state index in [0.29, 0.717) is 13.2 Å². The molecule has 3 aromatic carbocycles. The molecule has 6 heteroatoms. The highest BCUT2D eigenvalue weighted by Crippen LogP contribution is 2.46. The Hall–Kier alpha value is -2.87. The van der Waals surface area contributed by atoms with Gasteiger partial charge in [-0.05, 0) is 29.5 Å². The Morgan fingerprint density at radius 3 is 1.59 bits per heavy atom. The Morgan fingerprint density at radius 2 is 1.05 bits per heavy atom. The minimum atomic E-state index is -0.849. The number of ether oxygens (including phenoxy) is 5. The van der Waals surface area contributed by atoms with Gasteiger partial charge >= 0.3 is 0 Å². The fourth-order valence-corrected chi connectivity index (χ4v) is 5.95. The molecule has 1 heterocycles. The highest BCUT2D eigenvalue weighted by Gasteiger charge is 2.61. The largest absolute Gasteiger partial charge is 0.368 e. The molecule has 0 amide bonds. The molecular formula is C33H36O6. The standard InChI is InChI=1S/C33H36O6/c34-27-28(35-21-24-13-5-1-6-14-24)30(37-23-26-17-9-3-10-18-26)32-31(38-33(39-32)19-11-4-12-20-33)29(27)36-22-25-15-7-2-8-16-25/h1-3,5-10,13-18,28-32H,4,11-12,19-23H2/t28-,29+,30+,31-,32+/m1/s1. The normalized spacial score (nSPS) is 27.9. The predicted molar refractivity (Wildman–Crippen MR) is 146 cm³/mol. The SMILES string of the molecule is O=C1[C@@H](OCc2ccccc2)[C@H](OCc2ccccc2)[C@@H]2OC3(CCCCC3)O[C@@H]2[C@H]1OCc1ccccc1. The van der Waals surface area contributed by atoms with Crippen LogP contribution in [0.25, 0.3) is 0 Å². The van der Waals surface area contributed by atoms with Gasteiger partial charge < -0.3 is 23.7 Å². The maximum atomic E-state index is 14.1. The van der Waals surface area contributed by atoms with Crippen molar-refractivity contribution in [3.8, 4) is 0 Å². The third-order valence-corrected chi connectivity index (χ3v) is 7.95. The average molecular weight is 529 g/mol. The first-order valence-corrected chi connectivity index (χ1v) is 14.1. The van der Waals surface area contributed by atoms with Crippen LogP contribution in [-0.2, 0) is 48.3 Å². The van der Waals surface area contributed by atoms with E-state index in [2.05, 4.69) is 0 Å². The van der Waals surface area contributed by atoms with Crippen molar-refractivity contribution in [3.63, 3.8) is 0 Å². The second-order valence-corrected chi connectivity index (χ2v) is 10.7. The third kappa shape index (κ3) is 6.01. The van der Waals surface area contributed by atoms with E-state index in [1.165, 1.54) is 0 Å². The maximum Gasteiger partial charge on any atom is 0.195 e. The molecule has 0 unspecified atom stereocenters. The highest BCUT2D eigenvalue weighted by atomic mass is 16.8. The van der Waals surface area contributed by atoms with E-state index in [1.807, 2.05) is 91.0 Å². The van der Waals surface area contributed by atoms with Crippen molar-refractivity contribution in [1.82, 2.24) is 0 Å². The van der Waals surface area contributed by atoms with Gasteiger partial charge in [-0.15, -0.1) is 0 Å². The highest BCUT2D eigenvalue weighted by molar-refractivity contribution is 5.90. The van der Waals surface area contributed by atoms with E-state index in [9.17, 15) is 4.79 Å². The zero-order valence-electron chi connectivity index (χ0n) is 22.2. The van der Waals surface area contributed by atoms with Crippen molar-refractivity contribution in [3.05, 3.63) is 108 Å². The zero-order chi connectivity index (χ0) is 26.5. The molecule has 39 heavy (non-hydrogen) atoms. The molecule has 2 saturated carbocycles. The van der Waals surface area contributed by atoms with Crippen LogP contribution in [0.2, 0.25) is 0 Å². The Bertz CT molecular complexity index is 1190. The van der Waals surface area contributed by atoms with Crippen LogP contribution in [0.4, 0.5) is 0 Å². The van der Waals surface area contributed by atoms with E-state index >= 15 is 0 Å². The molecule has 1 saturated heterocycles. The fraction of sp³-hybridized carbons (Fsp3) is 0.424. The predicted octanol–water partition coefficient (Wildman–Crippen LogP) is 5.77. The Labute approximate surface area is 230 Å². The van der Waals surface area contributed by atoms with Gasteiger partial charge in [0, 0.05) is 12.8 Å². The average Bonchev–Trinajstić information content (AvgIpc) is 3.34. The summed E-state index contributed by atoms with van der Waals surface area (Å²) < 4.78 is 32.6. The second kappa shape index (κ2) is 12.1. The van der Waals surface area contributed by atoms with Crippen LogP contribution in [0.3, 0.4) is 0 Å². The fourth-order valence-electron chi connectivity index (χ4n) is 5.95. The molecule has 2 aliphatic carbocycles. The lowest BCUT2D eigenvalue weighted by Crippen LogP contribution is -2.62. The summed E-state index contributed by atoms with van der Waals surface area (Å²) in [6, 6.07) is 29.7. The summed E-state index contributed by atoms with van der Waals surface area (Å²) >= 11 is 0. The summed E-state index contributed by atoms with van der Waals surface area (Å²) in [5, 5.41) is 0. The van der Waals surface area contributed by atoms with Gasteiger partial charge in [-0.1, -0.05) is 97.4 Å². The Balaban J connectivity index is 1.29. The molecule has 1 aliphatic heterocycles. The third-order valence-electron chi connectivity index (χ3n) is 7.95. The van der Waals surface area contributed by atoms with E-state index < -0.39 is 36.3 Å². The molecule has 1 spiro atoms. The van der Waals surface area contributed by atoms with Crippen LogP contribution in [0.5, 0.6) is 0 Å². The van der Waals surface area contributed by atoms with Crippen LogP contribution in [0.15, 0.2) is 91.0 Å². The van der Waals surface area contributed by atoms with Crippen molar-refractivity contribution in [2.45, 2.75) is 88.2 Å². The lowest BCUT2D eigenvalue weighted by atomic mass is 9.85.